The molecule has 8 heteroatoms. The molecule has 1 aromatic heterocycles. The fraction of sp³-hybridized carbons (Fsp3) is 0.261. The largest absolute Gasteiger partial charge is 0.461 e. The Morgan fingerprint density at radius 2 is 1.87 bits per heavy atom. The van der Waals surface area contributed by atoms with Gasteiger partial charge in [0.15, 0.2) is 0 Å². The summed E-state index contributed by atoms with van der Waals surface area (Å²) in [5, 5.41) is 6.71. The minimum absolute atomic E-state index is 0.0667. The smallest absolute Gasteiger partial charge is 0.354 e. The van der Waals surface area contributed by atoms with Crippen molar-refractivity contribution < 1.29 is 19.1 Å². The molecule has 0 aliphatic heterocycles. The van der Waals surface area contributed by atoms with Crippen LogP contribution in [0.2, 0.25) is 5.02 Å². The van der Waals surface area contributed by atoms with E-state index in [1.165, 1.54) is 0 Å². The highest BCUT2D eigenvalue weighted by Crippen LogP contribution is 2.23. The molecular formula is C23H24ClN3O4. The van der Waals surface area contributed by atoms with E-state index in [0.29, 0.717) is 28.5 Å². The van der Waals surface area contributed by atoms with Crippen molar-refractivity contribution in [2.45, 2.75) is 27.3 Å². The predicted octanol–water partition coefficient (Wildman–Crippen LogP) is 4.52. The fourth-order valence-corrected chi connectivity index (χ4v) is 3.18. The van der Waals surface area contributed by atoms with Crippen LogP contribution in [0.25, 0.3) is 10.9 Å². The van der Waals surface area contributed by atoms with E-state index >= 15 is 0 Å². The number of benzene rings is 2. The van der Waals surface area contributed by atoms with Crippen molar-refractivity contribution in [3.63, 3.8) is 0 Å². The number of carbonyl (C=O) groups is 3. The molecule has 2 aromatic carbocycles. The van der Waals surface area contributed by atoms with Gasteiger partial charge in [-0.2, -0.15) is 0 Å². The number of aromatic nitrogens is 1. The zero-order valence-electron chi connectivity index (χ0n) is 17.5. The minimum Gasteiger partial charge on any atom is -0.461 e. The van der Waals surface area contributed by atoms with Gasteiger partial charge in [-0.3, -0.25) is 9.59 Å². The number of anilines is 1. The third-order valence-electron chi connectivity index (χ3n) is 4.64. The fourth-order valence-electron chi connectivity index (χ4n) is 2.98. The predicted molar refractivity (Wildman–Crippen MR) is 120 cm³/mol. The number of ether oxygens (including phenoxy) is 1. The molecule has 3 aromatic rings. The molecule has 2 amide bonds. The third kappa shape index (κ3) is 5.44. The number of rotatable bonds is 7. The molecule has 0 unspecified atom stereocenters. The lowest BCUT2D eigenvalue weighted by atomic mass is 10.1. The van der Waals surface area contributed by atoms with Crippen molar-refractivity contribution in [1.82, 2.24) is 10.3 Å². The number of H-pyrrole nitrogens is 1. The van der Waals surface area contributed by atoms with E-state index in [4.69, 9.17) is 16.3 Å². The maximum atomic E-state index is 12.8. The summed E-state index contributed by atoms with van der Waals surface area (Å²) < 4.78 is 5.00. The summed E-state index contributed by atoms with van der Waals surface area (Å²) in [5.74, 6) is -0.995. The number of aromatic amines is 1. The van der Waals surface area contributed by atoms with Crippen LogP contribution in [-0.2, 0) is 16.1 Å². The molecule has 1 heterocycles. The van der Waals surface area contributed by atoms with Crippen molar-refractivity contribution in [3.8, 4) is 0 Å². The van der Waals surface area contributed by atoms with Gasteiger partial charge in [-0.15, -0.1) is 0 Å². The van der Waals surface area contributed by atoms with Crippen LogP contribution in [0.1, 0.15) is 47.2 Å². The van der Waals surface area contributed by atoms with Gasteiger partial charge >= 0.3 is 5.97 Å². The number of amides is 2. The first-order valence-corrected chi connectivity index (χ1v) is 10.3. The van der Waals surface area contributed by atoms with Gasteiger partial charge in [0.25, 0.3) is 5.91 Å². The second-order valence-electron chi connectivity index (χ2n) is 7.35. The van der Waals surface area contributed by atoms with Crippen LogP contribution in [0, 0.1) is 5.92 Å². The maximum Gasteiger partial charge on any atom is 0.354 e. The molecular weight excluding hydrogens is 418 g/mol. The van der Waals surface area contributed by atoms with E-state index < -0.39 is 5.97 Å². The molecule has 0 fully saturated rings. The van der Waals surface area contributed by atoms with Gasteiger partial charge in [-0.1, -0.05) is 31.5 Å². The van der Waals surface area contributed by atoms with Crippen LogP contribution in [0.3, 0.4) is 0 Å². The van der Waals surface area contributed by atoms with Gasteiger partial charge < -0.3 is 20.4 Å². The van der Waals surface area contributed by atoms with Crippen LogP contribution in [-0.4, -0.2) is 29.4 Å². The van der Waals surface area contributed by atoms with Gasteiger partial charge in [-0.05, 0) is 48.9 Å². The number of fused-ring (bicyclic) bond motifs is 1. The Bertz CT molecular complexity index is 1140. The topological polar surface area (TPSA) is 100 Å². The van der Waals surface area contributed by atoms with E-state index in [1.54, 1.807) is 49.4 Å². The van der Waals surface area contributed by atoms with Gasteiger partial charge in [-0.25, -0.2) is 4.79 Å². The lowest BCUT2D eigenvalue weighted by Gasteiger charge is -2.11. The van der Waals surface area contributed by atoms with E-state index in [-0.39, 0.29) is 24.3 Å². The lowest BCUT2D eigenvalue weighted by Crippen LogP contribution is -2.27. The summed E-state index contributed by atoms with van der Waals surface area (Å²) in [6.07, 6.45) is 0. The Kier molecular flexibility index (Phi) is 6.97. The lowest BCUT2D eigenvalue weighted by molar-refractivity contribution is -0.124. The Morgan fingerprint density at radius 3 is 2.58 bits per heavy atom. The van der Waals surface area contributed by atoms with Crippen molar-refractivity contribution in [1.29, 1.82) is 0 Å². The SMILES string of the molecule is CCOC(=O)c1cc2cc(NC(=O)c3cc(CNC(=O)C(C)C)ccc3Cl)ccc2[nH]1. The number of esters is 1. The molecule has 0 radical (unpaired) electrons. The average Bonchev–Trinajstić information content (AvgIpc) is 3.16. The number of carbonyl (C=O) groups excluding carboxylic acids is 3. The van der Waals surface area contributed by atoms with E-state index in [9.17, 15) is 14.4 Å². The van der Waals surface area contributed by atoms with Crippen LogP contribution in [0.5, 0.6) is 0 Å². The van der Waals surface area contributed by atoms with Crippen molar-refractivity contribution in [2.75, 3.05) is 11.9 Å². The highest BCUT2D eigenvalue weighted by molar-refractivity contribution is 6.34. The third-order valence-corrected chi connectivity index (χ3v) is 4.97. The molecule has 0 bridgehead atoms. The van der Waals surface area contributed by atoms with Crippen LogP contribution < -0.4 is 10.6 Å². The van der Waals surface area contributed by atoms with Gasteiger partial charge in [0.2, 0.25) is 5.91 Å². The summed E-state index contributed by atoms with van der Waals surface area (Å²) in [4.78, 5) is 39.5. The first kappa shape index (κ1) is 22.4. The van der Waals surface area contributed by atoms with Crippen molar-refractivity contribution in [3.05, 3.63) is 64.3 Å². The van der Waals surface area contributed by atoms with E-state index in [0.717, 1.165) is 16.5 Å². The molecule has 0 spiro atoms. The first-order chi connectivity index (χ1) is 14.8. The molecule has 0 atom stereocenters. The van der Waals surface area contributed by atoms with Crippen LogP contribution in [0.15, 0.2) is 42.5 Å². The normalized spacial score (nSPS) is 10.9. The van der Waals surface area contributed by atoms with Crippen LogP contribution >= 0.6 is 11.6 Å². The number of hydrogen-bond acceptors (Lipinski definition) is 4. The minimum atomic E-state index is -0.433. The molecule has 0 saturated heterocycles. The molecule has 0 aliphatic rings. The summed E-state index contributed by atoms with van der Waals surface area (Å²) in [5.41, 5.74) is 2.73. The number of nitrogens with one attached hydrogen (secondary N) is 3. The molecule has 0 aliphatic carbocycles. The summed E-state index contributed by atoms with van der Waals surface area (Å²) >= 11 is 6.23. The van der Waals surface area contributed by atoms with Crippen LogP contribution in [0.4, 0.5) is 5.69 Å². The number of hydrogen-bond donors (Lipinski definition) is 3. The standard InChI is InChI=1S/C23H24ClN3O4/c1-4-31-23(30)20-11-15-10-16(6-8-19(15)27-20)26-22(29)17-9-14(5-7-18(17)24)12-25-21(28)13(2)3/h5-11,13,27H,4,12H2,1-3H3,(H,25,28)(H,26,29). The Morgan fingerprint density at radius 1 is 1.10 bits per heavy atom. The molecule has 0 saturated carbocycles. The van der Waals surface area contributed by atoms with Gasteiger partial charge in [0.05, 0.1) is 17.2 Å². The highest BCUT2D eigenvalue weighted by Gasteiger charge is 2.15. The Balaban J connectivity index is 1.76. The second kappa shape index (κ2) is 9.66. The maximum absolute atomic E-state index is 12.8. The monoisotopic (exact) mass is 441 g/mol. The zero-order chi connectivity index (χ0) is 22.5. The molecule has 162 valence electrons. The Hall–Kier alpha value is -3.32. The summed E-state index contributed by atoms with van der Waals surface area (Å²) in [7, 11) is 0. The zero-order valence-corrected chi connectivity index (χ0v) is 18.3. The van der Waals surface area contributed by atoms with Crippen molar-refractivity contribution in [2.24, 2.45) is 5.92 Å². The Labute approximate surface area is 185 Å². The average molecular weight is 442 g/mol. The molecule has 31 heavy (non-hydrogen) atoms. The van der Waals surface area contributed by atoms with Gasteiger partial charge in [0.1, 0.15) is 5.69 Å². The molecule has 3 N–H and O–H groups in total. The van der Waals surface area contributed by atoms with Gasteiger partial charge in [0, 0.05) is 29.1 Å². The molecule has 3 rings (SSSR count). The van der Waals surface area contributed by atoms with E-state index in [1.807, 2.05) is 13.8 Å². The second-order valence-corrected chi connectivity index (χ2v) is 7.75. The highest BCUT2D eigenvalue weighted by atomic mass is 35.5. The van der Waals surface area contributed by atoms with Crippen molar-refractivity contribution >= 4 is 46.0 Å². The quantitative estimate of drug-likeness (QED) is 0.469. The molecule has 7 nitrogen and oxygen atoms in total. The number of halogens is 1. The summed E-state index contributed by atoms with van der Waals surface area (Å²) in [6.45, 7) is 5.96. The van der Waals surface area contributed by atoms with E-state index in [2.05, 4.69) is 15.6 Å². The summed E-state index contributed by atoms with van der Waals surface area (Å²) in [6, 6.07) is 12.0. The first-order valence-electron chi connectivity index (χ1n) is 9.96.